The van der Waals surface area contributed by atoms with Crippen molar-refractivity contribution in [1.29, 1.82) is 5.26 Å². The maximum absolute atomic E-state index is 8.08. The summed E-state index contributed by atoms with van der Waals surface area (Å²) < 4.78 is 0. The van der Waals surface area contributed by atoms with Gasteiger partial charge < -0.3 is 0 Å². The molecular formula is C8H4N2. The highest BCUT2D eigenvalue weighted by Crippen LogP contribution is 1.90. The minimum Gasteiger partial charge on any atom is -0.263 e. The van der Waals surface area contributed by atoms with E-state index in [2.05, 4.69) is 16.8 Å². The van der Waals surface area contributed by atoms with Crippen molar-refractivity contribution in [3.8, 4) is 17.9 Å². The molecule has 0 aliphatic carbocycles. The van der Waals surface area contributed by atoms with Crippen molar-refractivity contribution >= 4 is 0 Å². The normalized spacial score (nSPS) is 7.10. The third-order valence-corrected chi connectivity index (χ3v) is 0.924. The Kier molecular flexibility index (Phi) is 2.07. The quantitative estimate of drug-likeness (QED) is 0.488. The van der Waals surface area contributed by atoms with Gasteiger partial charge in [0.05, 0.1) is 0 Å². The van der Waals surface area contributed by atoms with Gasteiger partial charge in [-0.3, -0.25) is 4.98 Å². The summed E-state index contributed by atoms with van der Waals surface area (Å²) >= 11 is 0. The Hall–Kier alpha value is -1.80. The van der Waals surface area contributed by atoms with E-state index >= 15 is 0 Å². The van der Waals surface area contributed by atoms with Crippen LogP contribution in [-0.2, 0) is 0 Å². The van der Waals surface area contributed by atoms with E-state index < -0.39 is 0 Å². The fraction of sp³-hybridized carbons (Fsp3) is 0. The molecule has 2 heteroatoms. The lowest BCUT2D eigenvalue weighted by Gasteiger charge is -1.82. The molecule has 0 radical (unpaired) electrons. The molecule has 0 spiro atoms. The van der Waals surface area contributed by atoms with E-state index in [1.54, 1.807) is 30.6 Å². The monoisotopic (exact) mass is 128 g/mol. The number of rotatable bonds is 0. The van der Waals surface area contributed by atoms with Gasteiger partial charge in [-0.05, 0) is 18.1 Å². The van der Waals surface area contributed by atoms with Crippen LogP contribution in [0.2, 0.25) is 0 Å². The maximum Gasteiger partial charge on any atom is 0.152 e. The first-order chi connectivity index (χ1) is 4.93. The van der Waals surface area contributed by atoms with Gasteiger partial charge in [-0.25, -0.2) is 0 Å². The average molecular weight is 128 g/mol. The van der Waals surface area contributed by atoms with Crippen LogP contribution in [0.5, 0.6) is 0 Å². The van der Waals surface area contributed by atoms with Gasteiger partial charge in [0.25, 0.3) is 0 Å². The van der Waals surface area contributed by atoms with E-state index in [4.69, 9.17) is 5.26 Å². The highest BCUT2D eigenvalue weighted by molar-refractivity contribution is 5.35. The average Bonchev–Trinajstić information content (AvgIpc) is 2.03. The van der Waals surface area contributed by atoms with Crippen molar-refractivity contribution in [1.82, 2.24) is 4.98 Å². The molecule has 0 bridgehead atoms. The summed E-state index contributed by atoms with van der Waals surface area (Å²) in [6, 6.07) is 5.31. The molecule has 0 fully saturated rings. The Morgan fingerprint density at radius 3 is 3.00 bits per heavy atom. The Labute approximate surface area is 59.1 Å². The van der Waals surface area contributed by atoms with Crippen molar-refractivity contribution in [2.45, 2.75) is 0 Å². The number of aromatic nitrogens is 1. The smallest absolute Gasteiger partial charge is 0.152 e. The lowest BCUT2D eigenvalue weighted by molar-refractivity contribution is 1.31. The van der Waals surface area contributed by atoms with Crippen molar-refractivity contribution in [3.05, 3.63) is 30.1 Å². The van der Waals surface area contributed by atoms with Crippen LogP contribution >= 0.6 is 0 Å². The Balaban J connectivity index is 2.89. The fourth-order valence-corrected chi connectivity index (χ4v) is 0.537. The largest absolute Gasteiger partial charge is 0.263 e. The van der Waals surface area contributed by atoms with Gasteiger partial charge in [0.15, 0.2) is 6.07 Å². The standard InChI is InChI=1S/C8H4N2/c9-5-1-3-8-4-2-6-10-7-8/h2,4,6-7H. The molecule has 1 rings (SSSR count). The second kappa shape index (κ2) is 3.27. The summed E-state index contributed by atoms with van der Waals surface area (Å²) in [5.41, 5.74) is 0.768. The van der Waals surface area contributed by atoms with Crippen molar-refractivity contribution in [3.63, 3.8) is 0 Å². The second-order valence-corrected chi connectivity index (χ2v) is 1.60. The van der Waals surface area contributed by atoms with Gasteiger partial charge in [-0.1, -0.05) is 0 Å². The van der Waals surface area contributed by atoms with Crippen LogP contribution in [0.15, 0.2) is 24.5 Å². The first-order valence-electron chi connectivity index (χ1n) is 2.73. The predicted molar refractivity (Wildman–Crippen MR) is 36.7 cm³/mol. The molecule has 0 atom stereocenters. The van der Waals surface area contributed by atoms with E-state index in [-0.39, 0.29) is 0 Å². The van der Waals surface area contributed by atoms with Crippen LogP contribution in [-0.4, -0.2) is 4.98 Å². The zero-order chi connectivity index (χ0) is 7.23. The number of nitrogens with zero attached hydrogens (tertiary/aromatic N) is 2. The zero-order valence-electron chi connectivity index (χ0n) is 5.20. The summed E-state index contributed by atoms with van der Waals surface area (Å²) in [6.45, 7) is 0. The molecule has 1 aromatic heterocycles. The molecular weight excluding hydrogens is 124 g/mol. The van der Waals surface area contributed by atoms with Crippen LogP contribution in [0.3, 0.4) is 0 Å². The molecule has 0 unspecified atom stereocenters. The molecule has 0 aliphatic heterocycles. The van der Waals surface area contributed by atoms with Gasteiger partial charge in [-0.2, -0.15) is 5.26 Å². The molecule has 0 saturated heterocycles. The van der Waals surface area contributed by atoms with E-state index in [0.29, 0.717) is 0 Å². The Morgan fingerprint density at radius 2 is 2.40 bits per heavy atom. The molecule has 10 heavy (non-hydrogen) atoms. The third-order valence-electron chi connectivity index (χ3n) is 0.924. The molecule has 0 saturated carbocycles. The molecule has 0 N–H and O–H groups in total. The molecule has 2 nitrogen and oxygen atoms in total. The van der Waals surface area contributed by atoms with E-state index in [1.165, 1.54) is 0 Å². The molecule has 1 heterocycles. The third kappa shape index (κ3) is 1.61. The van der Waals surface area contributed by atoms with E-state index in [9.17, 15) is 0 Å². The molecule has 0 amide bonds. The van der Waals surface area contributed by atoms with Crippen LogP contribution < -0.4 is 0 Å². The summed E-state index contributed by atoms with van der Waals surface area (Å²) in [5.74, 6) is 4.90. The lowest BCUT2D eigenvalue weighted by Crippen LogP contribution is -1.73. The minimum absolute atomic E-state index is 0.768. The van der Waals surface area contributed by atoms with Crippen LogP contribution in [0.1, 0.15) is 5.56 Å². The highest BCUT2D eigenvalue weighted by Gasteiger charge is 1.79. The van der Waals surface area contributed by atoms with Crippen LogP contribution in [0, 0.1) is 23.2 Å². The molecule has 0 aliphatic rings. The van der Waals surface area contributed by atoms with Gasteiger partial charge >= 0.3 is 0 Å². The summed E-state index contributed by atoms with van der Waals surface area (Å²) in [6.07, 6.45) is 3.28. The van der Waals surface area contributed by atoms with Crippen LogP contribution in [0.25, 0.3) is 0 Å². The number of hydrogen-bond acceptors (Lipinski definition) is 2. The van der Waals surface area contributed by atoms with Crippen molar-refractivity contribution < 1.29 is 0 Å². The minimum atomic E-state index is 0.768. The maximum atomic E-state index is 8.08. The number of nitriles is 1. The zero-order valence-corrected chi connectivity index (χ0v) is 5.20. The van der Waals surface area contributed by atoms with Gasteiger partial charge in [-0.15, -0.1) is 0 Å². The van der Waals surface area contributed by atoms with Crippen molar-refractivity contribution in [2.75, 3.05) is 0 Å². The van der Waals surface area contributed by atoms with Gasteiger partial charge in [0, 0.05) is 23.9 Å². The Bertz CT molecular complexity index is 298. The van der Waals surface area contributed by atoms with E-state index in [1.807, 2.05) is 0 Å². The second-order valence-electron chi connectivity index (χ2n) is 1.60. The van der Waals surface area contributed by atoms with E-state index in [0.717, 1.165) is 5.56 Å². The predicted octanol–water partition coefficient (Wildman–Crippen LogP) is 0.957. The summed E-state index contributed by atoms with van der Waals surface area (Å²) in [7, 11) is 0. The lowest BCUT2D eigenvalue weighted by atomic mass is 10.3. The first-order valence-corrected chi connectivity index (χ1v) is 2.73. The van der Waals surface area contributed by atoms with Gasteiger partial charge in [0.2, 0.25) is 0 Å². The summed E-state index contributed by atoms with van der Waals surface area (Å²) in [5, 5.41) is 8.08. The fourth-order valence-electron chi connectivity index (χ4n) is 0.537. The molecule has 46 valence electrons. The van der Waals surface area contributed by atoms with Crippen molar-refractivity contribution in [2.24, 2.45) is 0 Å². The SMILES string of the molecule is N#CC#Cc1cccnc1. The summed E-state index contributed by atoms with van der Waals surface area (Å²) in [4.78, 5) is 3.83. The molecule has 1 aromatic rings. The number of hydrogen-bond donors (Lipinski definition) is 0. The first kappa shape index (κ1) is 6.32. The van der Waals surface area contributed by atoms with Gasteiger partial charge in [0.1, 0.15) is 0 Å². The number of pyridine rings is 1. The highest BCUT2D eigenvalue weighted by atomic mass is 14.6. The van der Waals surface area contributed by atoms with Crippen LogP contribution in [0.4, 0.5) is 0 Å². The topological polar surface area (TPSA) is 36.7 Å². The Morgan fingerprint density at radius 1 is 1.50 bits per heavy atom. The molecule has 0 aromatic carbocycles.